The van der Waals surface area contributed by atoms with Gasteiger partial charge in [-0.15, -0.1) is 0 Å². The minimum Gasteiger partial charge on any atom is -0.480 e. The van der Waals surface area contributed by atoms with Crippen LogP contribution in [0, 0.1) is 0 Å². The smallest absolute Gasteiger partial charge is 0.339 e. The molecule has 0 radical (unpaired) electrons. The molecule has 0 amide bonds. The predicted molar refractivity (Wildman–Crippen MR) is 57.4 cm³/mol. The van der Waals surface area contributed by atoms with Crippen LogP contribution in [0.1, 0.15) is 10.4 Å². The highest BCUT2D eigenvalue weighted by atomic mass is 79.9. The van der Waals surface area contributed by atoms with Gasteiger partial charge in [0.25, 0.3) is 5.56 Å². The molecule has 0 bridgehead atoms. The van der Waals surface area contributed by atoms with E-state index in [9.17, 15) is 14.4 Å². The van der Waals surface area contributed by atoms with Crippen molar-refractivity contribution in [2.75, 3.05) is 7.11 Å². The van der Waals surface area contributed by atoms with Crippen LogP contribution in [0.2, 0.25) is 0 Å². The number of carboxylic acid groups (broad SMARTS) is 1. The highest BCUT2D eigenvalue weighted by Crippen LogP contribution is 2.08. The first kappa shape index (κ1) is 12.4. The van der Waals surface area contributed by atoms with Gasteiger partial charge in [-0.2, -0.15) is 0 Å². The summed E-state index contributed by atoms with van der Waals surface area (Å²) >= 11 is 2.95. The molecule has 0 unspecified atom stereocenters. The van der Waals surface area contributed by atoms with Crippen molar-refractivity contribution in [3.05, 3.63) is 32.7 Å². The Kier molecular flexibility index (Phi) is 3.83. The molecule has 6 nitrogen and oxygen atoms in total. The van der Waals surface area contributed by atoms with E-state index in [-0.39, 0.29) is 10.0 Å². The average molecular weight is 290 g/mol. The summed E-state index contributed by atoms with van der Waals surface area (Å²) in [4.78, 5) is 33.2. The number of aromatic nitrogens is 1. The Labute approximate surface area is 98.6 Å². The molecule has 1 aromatic heterocycles. The maximum atomic E-state index is 11.5. The lowest BCUT2D eigenvalue weighted by Gasteiger charge is -2.05. The number of hydrogen-bond acceptors (Lipinski definition) is 4. The van der Waals surface area contributed by atoms with Crippen molar-refractivity contribution in [2.45, 2.75) is 6.54 Å². The second-order valence-electron chi connectivity index (χ2n) is 2.90. The Hall–Kier alpha value is -1.63. The first-order valence-corrected chi connectivity index (χ1v) is 4.95. The van der Waals surface area contributed by atoms with Gasteiger partial charge in [0, 0.05) is 6.20 Å². The summed E-state index contributed by atoms with van der Waals surface area (Å²) in [6.45, 7) is -0.512. The van der Waals surface area contributed by atoms with Crippen LogP contribution >= 0.6 is 15.9 Å². The van der Waals surface area contributed by atoms with E-state index in [1.54, 1.807) is 0 Å². The fourth-order valence-electron chi connectivity index (χ4n) is 1.09. The third-order valence-electron chi connectivity index (χ3n) is 1.77. The third-order valence-corrected chi connectivity index (χ3v) is 2.34. The molecule has 0 aliphatic carbocycles. The highest BCUT2D eigenvalue weighted by Gasteiger charge is 2.12. The molecule has 1 N–H and O–H groups in total. The van der Waals surface area contributed by atoms with Gasteiger partial charge in [-0.3, -0.25) is 9.59 Å². The fraction of sp³-hybridized carbons (Fsp3) is 0.222. The zero-order valence-electron chi connectivity index (χ0n) is 8.27. The van der Waals surface area contributed by atoms with Crippen LogP contribution in [0.4, 0.5) is 0 Å². The predicted octanol–water partition coefficient (Wildman–Crippen LogP) is 0.482. The van der Waals surface area contributed by atoms with Gasteiger partial charge in [0.15, 0.2) is 0 Å². The average Bonchev–Trinajstić information content (AvgIpc) is 2.22. The summed E-state index contributed by atoms with van der Waals surface area (Å²) in [6.07, 6.45) is 1.15. The lowest BCUT2D eigenvalue weighted by atomic mass is 10.3. The number of rotatable bonds is 3. The molecule has 0 aromatic carbocycles. The molecule has 1 rings (SSSR count). The number of esters is 1. The van der Waals surface area contributed by atoms with E-state index in [0.29, 0.717) is 0 Å². The lowest BCUT2D eigenvalue weighted by Crippen LogP contribution is -2.25. The van der Waals surface area contributed by atoms with Gasteiger partial charge in [0.1, 0.15) is 6.54 Å². The van der Waals surface area contributed by atoms with Crippen molar-refractivity contribution in [2.24, 2.45) is 0 Å². The zero-order valence-corrected chi connectivity index (χ0v) is 9.85. The number of carboxylic acids is 1. The number of methoxy groups -OCH3 is 1. The van der Waals surface area contributed by atoms with Gasteiger partial charge in [-0.05, 0) is 22.0 Å². The van der Waals surface area contributed by atoms with Crippen LogP contribution in [0.5, 0.6) is 0 Å². The molecule has 0 saturated carbocycles. The summed E-state index contributed by atoms with van der Waals surface area (Å²) in [6, 6.07) is 1.28. The maximum Gasteiger partial charge on any atom is 0.339 e. The Morgan fingerprint density at radius 3 is 2.69 bits per heavy atom. The number of carbonyl (C=O) groups is 2. The van der Waals surface area contributed by atoms with Gasteiger partial charge in [-0.1, -0.05) is 0 Å². The number of ether oxygens (including phenoxy) is 1. The summed E-state index contributed by atoms with van der Waals surface area (Å²) in [5, 5.41) is 8.58. The molecule has 0 saturated heterocycles. The van der Waals surface area contributed by atoms with Crippen LogP contribution < -0.4 is 5.56 Å². The van der Waals surface area contributed by atoms with Crippen molar-refractivity contribution in [1.82, 2.24) is 4.57 Å². The Bertz CT molecular complexity index is 493. The largest absolute Gasteiger partial charge is 0.480 e. The van der Waals surface area contributed by atoms with Crippen LogP contribution in [0.15, 0.2) is 21.5 Å². The molecule has 86 valence electrons. The molecular formula is C9H8BrNO5. The fourth-order valence-corrected chi connectivity index (χ4v) is 1.57. The van der Waals surface area contributed by atoms with E-state index in [0.717, 1.165) is 10.8 Å². The molecular weight excluding hydrogens is 282 g/mol. The van der Waals surface area contributed by atoms with E-state index in [2.05, 4.69) is 20.7 Å². The molecule has 7 heteroatoms. The zero-order chi connectivity index (χ0) is 12.3. The SMILES string of the molecule is COC(=O)c1cc(Br)c(=O)n(CC(=O)O)c1. The highest BCUT2D eigenvalue weighted by molar-refractivity contribution is 9.10. The molecule has 0 atom stereocenters. The molecule has 0 fully saturated rings. The van der Waals surface area contributed by atoms with Gasteiger partial charge in [0.05, 0.1) is 17.1 Å². The minimum absolute atomic E-state index is 0.107. The van der Waals surface area contributed by atoms with E-state index in [1.165, 1.54) is 13.2 Å². The number of aliphatic carboxylic acids is 1. The molecule has 1 aromatic rings. The van der Waals surface area contributed by atoms with Gasteiger partial charge < -0.3 is 14.4 Å². The molecule has 16 heavy (non-hydrogen) atoms. The van der Waals surface area contributed by atoms with Crippen LogP contribution in [-0.2, 0) is 16.1 Å². The molecule has 0 aliphatic rings. The van der Waals surface area contributed by atoms with Crippen molar-refractivity contribution in [3.8, 4) is 0 Å². The summed E-state index contributed by atoms with van der Waals surface area (Å²) in [5.41, 5.74) is -0.412. The van der Waals surface area contributed by atoms with Gasteiger partial charge in [-0.25, -0.2) is 4.79 Å². The van der Waals surface area contributed by atoms with Gasteiger partial charge >= 0.3 is 11.9 Å². The van der Waals surface area contributed by atoms with Crippen LogP contribution in [0.25, 0.3) is 0 Å². The van der Waals surface area contributed by atoms with E-state index >= 15 is 0 Å². The van der Waals surface area contributed by atoms with E-state index < -0.39 is 24.0 Å². The summed E-state index contributed by atoms with van der Waals surface area (Å²) in [7, 11) is 1.20. The van der Waals surface area contributed by atoms with E-state index in [1.807, 2.05) is 0 Å². The van der Waals surface area contributed by atoms with E-state index in [4.69, 9.17) is 5.11 Å². The lowest BCUT2D eigenvalue weighted by molar-refractivity contribution is -0.137. The topological polar surface area (TPSA) is 85.6 Å². The third kappa shape index (κ3) is 2.69. The Balaban J connectivity index is 3.27. The molecule has 0 spiro atoms. The van der Waals surface area contributed by atoms with Crippen molar-refractivity contribution < 1.29 is 19.4 Å². The van der Waals surface area contributed by atoms with Crippen molar-refractivity contribution in [1.29, 1.82) is 0 Å². The second-order valence-corrected chi connectivity index (χ2v) is 3.75. The quantitative estimate of drug-likeness (QED) is 0.818. The molecule has 1 heterocycles. The first-order chi connectivity index (χ1) is 7.45. The Morgan fingerprint density at radius 2 is 2.19 bits per heavy atom. The first-order valence-electron chi connectivity index (χ1n) is 4.15. The van der Waals surface area contributed by atoms with Crippen molar-refractivity contribution in [3.63, 3.8) is 0 Å². The second kappa shape index (κ2) is 4.93. The Morgan fingerprint density at radius 1 is 1.56 bits per heavy atom. The number of halogens is 1. The standard InChI is InChI=1S/C9H8BrNO5/c1-16-9(15)5-2-6(10)8(14)11(3-5)4-7(12)13/h2-3H,4H2,1H3,(H,12,13). The number of pyridine rings is 1. The minimum atomic E-state index is -1.17. The summed E-state index contributed by atoms with van der Waals surface area (Å²) < 4.78 is 5.49. The van der Waals surface area contributed by atoms with Gasteiger partial charge in [0.2, 0.25) is 0 Å². The van der Waals surface area contributed by atoms with Crippen molar-refractivity contribution >= 4 is 27.9 Å². The summed E-state index contributed by atoms with van der Waals surface area (Å²) in [5.74, 6) is -1.81. The monoisotopic (exact) mass is 289 g/mol. The number of hydrogen-bond donors (Lipinski definition) is 1. The van der Waals surface area contributed by atoms with Crippen LogP contribution in [-0.4, -0.2) is 28.7 Å². The molecule has 0 aliphatic heterocycles. The maximum absolute atomic E-state index is 11.5. The normalized spacial score (nSPS) is 9.88. The number of nitrogens with zero attached hydrogens (tertiary/aromatic N) is 1. The number of carbonyl (C=O) groups excluding carboxylic acids is 1. The van der Waals surface area contributed by atoms with Crippen LogP contribution in [0.3, 0.4) is 0 Å².